The molecule has 2 aliphatic rings. The van der Waals surface area contributed by atoms with Crippen molar-refractivity contribution in [3.8, 4) is 22.8 Å². The first-order valence-electron chi connectivity index (χ1n) is 8.05. The average molecular weight is 339 g/mol. The van der Waals surface area contributed by atoms with Crippen molar-refractivity contribution in [1.82, 2.24) is 14.5 Å². The molecule has 0 aliphatic carbocycles. The van der Waals surface area contributed by atoms with Crippen molar-refractivity contribution in [3.05, 3.63) is 52.6 Å². The minimum absolute atomic E-state index is 0.325. The number of imidazole rings is 1. The third-order valence-electron chi connectivity index (χ3n) is 4.60. The lowest BCUT2D eigenvalue weighted by Gasteiger charge is -2.28. The molecular formula is C18H17N3O2S. The van der Waals surface area contributed by atoms with Crippen LogP contribution in [-0.2, 0) is 19.6 Å². The Hall–Kier alpha value is -2.31. The van der Waals surface area contributed by atoms with Gasteiger partial charge >= 0.3 is 0 Å². The highest BCUT2D eigenvalue weighted by Crippen LogP contribution is 2.33. The van der Waals surface area contributed by atoms with Crippen LogP contribution < -0.4 is 9.47 Å². The standard InChI is InChI=1S/C18H17N3O2S/c1-2-16-17(23-12-22-16)7-13(1)9-20-4-5-21-15(8-19-18(21)10-20)14-3-6-24-11-14/h1-3,6-8,11H,4-5,9-10,12H2. The number of hydrogen-bond donors (Lipinski definition) is 0. The van der Waals surface area contributed by atoms with E-state index in [2.05, 4.69) is 43.4 Å². The first-order valence-corrected chi connectivity index (χ1v) is 8.99. The molecule has 0 spiro atoms. The minimum Gasteiger partial charge on any atom is -0.454 e. The van der Waals surface area contributed by atoms with Crippen molar-refractivity contribution in [2.75, 3.05) is 13.3 Å². The van der Waals surface area contributed by atoms with Crippen LogP contribution in [0.4, 0.5) is 0 Å². The van der Waals surface area contributed by atoms with Gasteiger partial charge in [-0.3, -0.25) is 4.90 Å². The van der Waals surface area contributed by atoms with Gasteiger partial charge in [0, 0.05) is 30.6 Å². The van der Waals surface area contributed by atoms with Gasteiger partial charge in [0.25, 0.3) is 0 Å². The number of rotatable bonds is 3. The summed E-state index contributed by atoms with van der Waals surface area (Å²) >= 11 is 1.73. The molecule has 3 aromatic rings. The van der Waals surface area contributed by atoms with Crippen molar-refractivity contribution in [3.63, 3.8) is 0 Å². The van der Waals surface area contributed by atoms with Gasteiger partial charge in [-0.25, -0.2) is 4.98 Å². The third kappa shape index (κ3) is 2.39. The second-order valence-electron chi connectivity index (χ2n) is 6.12. The average Bonchev–Trinajstić information content (AvgIpc) is 3.34. The normalized spacial score (nSPS) is 16.3. The molecule has 2 aromatic heterocycles. The van der Waals surface area contributed by atoms with Gasteiger partial charge < -0.3 is 14.0 Å². The number of nitrogens with zero attached hydrogens (tertiary/aromatic N) is 3. The monoisotopic (exact) mass is 339 g/mol. The van der Waals surface area contributed by atoms with Gasteiger partial charge in [0.05, 0.1) is 18.4 Å². The Morgan fingerprint density at radius 2 is 2.08 bits per heavy atom. The first kappa shape index (κ1) is 14.1. The zero-order valence-electron chi connectivity index (χ0n) is 13.1. The van der Waals surface area contributed by atoms with Crippen molar-refractivity contribution in [2.24, 2.45) is 0 Å². The highest BCUT2D eigenvalue weighted by molar-refractivity contribution is 7.08. The minimum atomic E-state index is 0.325. The maximum atomic E-state index is 5.47. The maximum Gasteiger partial charge on any atom is 0.231 e. The summed E-state index contributed by atoms with van der Waals surface area (Å²) in [6.07, 6.45) is 2.00. The van der Waals surface area contributed by atoms with Gasteiger partial charge in [-0.1, -0.05) is 6.07 Å². The van der Waals surface area contributed by atoms with Crippen molar-refractivity contribution < 1.29 is 9.47 Å². The fourth-order valence-electron chi connectivity index (χ4n) is 3.38. The molecule has 2 aliphatic heterocycles. The molecule has 4 heterocycles. The summed E-state index contributed by atoms with van der Waals surface area (Å²) in [4.78, 5) is 7.07. The zero-order chi connectivity index (χ0) is 15.9. The number of benzene rings is 1. The smallest absolute Gasteiger partial charge is 0.231 e. The van der Waals surface area contributed by atoms with Crippen LogP contribution in [0.1, 0.15) is 11.4 Å². The number of fused-ring (bicyclic) bond motifs is 2. The molecule has 0 bridgehead atoms. The summed E-state index contributed by atoms with van der Waals surface area (Å²) in [5, 5.41) is 4.30. The molecule has 0 N–H and O–H groups in total. The molecular weight excluding hydrogens is 322 g/mol. The number of thiophene rings is 1. The Bertz CT molecular complexity index is 873. The lowest BCUT2D eigenvalue weighted by Crippen LogP contribution is -2.33. The second kappa shape index (κ2) is 5.65. The molecule has 1 aromatic carbocycles. The topological polar surface area (TPSA) is 39.5 Å². The molecule has 6 heteroatoms. The molecule has 0 saturated carbocycles. The van der Waals surface area contributed by atoms with Crippen LogP contribution in [0.5, 0.6) is 11.5 Å². The highest BCUT2D eigenvalue weighted by Gasteiger charge is 2.21. The molecule has 0 radical (unpaired) electrons. The van der Waals surface area contributed by atoms with Gasteiger partial charge in [-0.05, 0) is 29.1 Å². The second-order valence-corrected chi connectivity index (χ2v) is 6.90. The summed E-state index contributed by atoms with van der Waals surface area (Å²) in [5.74, 6) is 2.84. The number of hydrogen-bond acceptors (Lipinski definition) is 5. The van der Waals surface area contributed by atoms with Crippen LogP contribution in [0.3, 0.4) is 0 Å². The molecule has 0 amide bonds. The fraction of sp³-hybridized carbons (Fsp3) is 0.278. The van der Waals surface area contributed by atoms with Crippen molar-refractivity contribution in [1.29, 1.82) is 0 Å². The summed E-state index contributed by atoms with van der Waals surface area (Å²) < 4.78 is 13.2. The summed E-state index contributed by atoms with van der Waals surface area (Å²) in [6.45, 7) is 4.10. The predicted octanol–water partition coefficient (Wildman–Crippen LogP) is 3.36. The van der Waals surface area contributed by atoms with Gasteiger partial charge in [-0.2, -0.15) is 11.3 Å². The molecule has 0 atom stereocenters. The van der Waals surface area contributed by atoms with E-state index in [4.69, 9.17) is 9.47 Å². The Balaban J connectivity index is 1.34. The zero-order valence-corrected chi connectivity index (χ0v) is 14.0. The van der Waals surface area contributed by atoms with Gasteiger partial charge in [0.15, 0.2) is 11.5 Å². The van der Waals surface area contributed by atoms with Crippen molar-refractivity contribution >= 4 is 11.3 Å². The lowest BCUT2D eigenvalue weighted by atomic mass is 10.1. The van der Waals surface area contributed by atoms with E-state index in [-0.39, 0.29) is 0 Å². The van der Waals surface area contributed by atoms with E-state index < -0.39 is 0 Å². The molecule has 0 fully saturated rings. The van der Waals surface area contributed by atoms with E-state index in [1.54, 1.807) is 11.3 Å². The Morgan fingerprint density at radius 3 is 3.00 bits per heavy atom. The first-order chi connectivity index (χ1) is 11.9. The molecule has 122 valence electrons. The predicted molar refractivity (Wildman–Crippen MR) is 92.2 cm³/mol. The Morgan fingerprint density at radius 1 is 1.12 bits per heavy atom. The Kier molecular flexibility index (Phi) is 3.31. The maximum absolute atomic E-state index is 5.47. The van der Waals surface area contributed by atoms with Gasteiger partial charge in [-0.15, -0.1) is 0 Å². The van der Waals surface area contributed by atoms with Crippen LogP contribution in [0.15, 0.2) is 41.2 Å². The van der Waals surface area contributed by atoms with Crippen LogP contribution >= 0.6 is 11.3 Å². The number of ether oxygens (including phenoxy) is 2. The summed E-state index contributed by atoms with van der Waals surface area (Å²) in [5.41, 5.74) is 3.74. The van der Waals surface area contributed by atoms with Crippen molar-refractivity contribution in [2.45, 2.75) is 19.6 Å². The van der Waals surface area contributed by atoms with Crippen LogP contribution in [0.2, 0.25) is 0 Å². The third-order valence-corrected chi connectivity index (χ3v) is 5.29. The van der Waals surface area contributed by atoms with Gasteiger partial charge in [0.2, 0.25) is 6.79 Å². The lowest BCUT2D eigenvalue weighted by molar-refractivity contribution is 0.173. The molecule has 5 rings (SSSR count). The van der Waals surface area contributed by atoms with Crippen LogP contribution in [0.25, 0.3) is 11.3 Å². The van der Waals surface area contributed by atoms with Crippen LogP contribution in [0, 0.1) is 0 Å². The SMILES string of the molecule is c1cc(-c2cnc3n2CCN(Cc2ccc4c(c2)OCO4)C3)cs1. The summed E-state index contributed by atoms with van der Waals surface area (Å²) in [7, 11) is 0. The van der Waals surface area contributed by atoms with Gasteiger partial charge in [0.1, 0.15) is 5.82 Å². The van der Waals surface area contributed by atoms with Crippen LogP contribution in [-0.4, -0.2) is 27.8 Å². The largest absolute Gasteiger partial charge is 0.454 e. The molecule has 24 heavy (non-hydrogen) atoms. The van der Waals surface area contributed by atoms with E-state index in [0.717, 1.165) is 43.5 Å². The van der Waals surface area contributed by atoms with E-state index >= 15 is 0 Å². The van der Waals surface area contributed by atoms with E-state index in [1.165, 1.54) is 16.8 Å². The van der Waals surface area contributed by atoms with E-state index in [1.807, 2.05) is 12.3 Å². The van der Waals surface area contributed by atoms with E-state index in [0.29, 0.717) is 6.79 Å². The summed E-state index contributed by atoms with van der Waals surface area (Å²) in [6, 6.07) is 8.36. The quantitative estimate of drug-likeness (QED) is 0.734. The molecule has 5 nitrogen and oxygen atoms in total. The number of aromatic nitrogens is 2. The van der Waals surface area contributed by atoms with E-state index in [9.17, 15) is 0 Å². The highest BCUT2D eigenvalue weighted by atomic mass is 32.1. The fourth-order valence-corrected chi connectivity index (χ4v) is 4.03. The Labute approximate surface area is 144 Å². The molecule has 0 unspecified atom stereocenters. The molecule has 0 saturated heterocycles.